The lowest BCUT2D eigenvalue weighted by molar-refractivity contribution is 0.0517. The number of carbonyl (C=O) groups excluding carboxylic acids is 1. The number of nitrogens with zero attached hydrogens (tertiary/aromatic N) is 2. The predicted molar refractivity (Wildman–Crippen MR) is 93.0 cm³/mol. The van der Waals surface area contributed by atoms with Crippen LogP contribution in [0.4, 0.5) is 0 Å². The van der Waals surface area contributed by atoms with Crippen molar-refractivity contribution in [3.8, 4) is 0 Å². The normalized spacial score (nSPS) is 11.4. The first-order valence-electron chi connectivity index (χ1n) is 8.59. The van der Waals surface area contributed by atoms with Crippen molar-refractivity contribution in [3.05, 3.63) is 34.8 Å². The van der Waals surface area contributed by atoms with Gasteiger partial charge >= 0.3 is 5.97 Å². The van der Waals surface area contributed by atoms with Gasteiger partial charge in [-0.2, -0.15) is 0 Å². The fourth-order valence-corrected chi connectivity index (χ4v) is 2.98. The van der Waals surface area contributed by atoms with Crippen molar-refractivity contribution in [1.82, 2.24) is 9.38 Å². The minimum Gasteiger partial charge on any atom is -0.461 e. The van der Waals surface area contributed by atoms with Crippen LogP contribution in [0.15, 0.2) is 12.3 Å². The summed E-state index contributed by atoms with van der Waals surface area (Å²) < 4.78 is 7.08. The summed E-state index contributed by atoms with van der Waals surface area (Å²) in [5, 5.41) is 0. The maximum absolute atomic E-state index is 12.2. The molecule has 0 bridgehead atoms. The second-order valence-electron chi connectivity index (χ2n) is 6.64. The van der Waals surface area contributed by atoms with Crippen molar-refractivity contribution in [2.75, 3.05) is 6.61 Å². The van der Waals surface area contributed by atoms with Gasteiger partial charge in [-0.05, 0) is 50.7 Å². The van der Waals surface area contributed by atoms with Crippen LogP contribution in [0.25, 0.3) is 5.65 Å². The number of esters is 1. The van der Waals surface area contributed by atoms with Crippen LogP contribution in [0.2, 0.25) is 0 Å². The molecule has 0 amide bonds. The van der Waals surface area contributed by atoms with Crippen molar-refractivity contribution in [2.24, 2.45) is 5.92 Å². The summed E-state index contributed by atoms with van der Waals surface area (Å²) in [4.78, 5) is 16.8. The van der Waals surface area contributed by atoms with Crippen molar-refractivity contribution in [3.63, 3.8) is 0 Å². The number of ether oxygens (including phenoxy) is 1. The number of hydrogen-bond donors (Lipinski definition) is 0. The van der Waals surface area contributed by atoms with E-state index in [-0.39, 0.29) is 5.97 Å². The molecule has 4 nitrogen and oxygen atoms in total. The Morgan fingerprint density at radius 3 is 2.70 bits per heavy atom. The molecule has 0 aliphatic rings. The van der Waals surface area contributed by atoms with Gasteiger partial charge in [0.25, 0.3) is 0 Å². The van der Waals surface area contributed by atoms with E-state index in [0.717, 1.165) is 35.7 Å². The van der Waals surface area contributed by atoms with E-state index >= 15 is 0 Å². The molecule has 0 aliphatic heterocycles. The summed E-state index contributed by atoms with van der Waals surface area (Å²) in [7, 11) is 0. The molecule has 0 aromatic carbocycles. The van der Waals surface area contributed by atoms with E-state index in [4.69, 9.17) is 4.74 Å². The number of aryl methyl sites for hydroxylation is 3. The summed E-state index contributed by atoms with van der Waals surface area (Å²) in [6.45, 7) is 10.6. The van der Waals surface area contributed by atoms with Crippen LogP contribution >= 0.6 is 0 Å². The summed E-state index contributed by atoms with van der Waals surface area (Å²) in [5.74, 6) is 0.450. The zero-order valence-electron chi connectivity index (χ0n) is 15.0. The summed E-state index contributed by atoms with van der Waals surface area (Å²) in [5.41, 5.74) is 4.53. The molecule has 2 heterocycles. The number of unbranched alkanes of at least 4 members (excludes halogenated alkanes) is 1. The van der Waals surface area contributed by atoms with E-state index in [1.165, 1.54) is 18.4 Å². The fourth-order valence-electron chi connectivity index (χ4n) is 2.98. The van der Waals surface area contributed by atoms with Crippen molar-refractivity contribution < 1.29 is 9.53 Å². The lowest BCUT2D eigenvalue weighted by atomic mass is 10.0. The zero-order chi connectivity index (χ0) is 17.0. The van der Waals surface area contributed by atoms with Crippen LogP contribution in [-0.2, 0) is 11.2 Å². The third kappa shape index (κ3) is 4.12. The quantitative estimate of drug-likeness (QED) is 0.558. The Hall–Kier alpha value is -1.84. The van der Waals surface area contributed by atoms with Gasteiger partial charge < -0.3 is 4.74 Å². The van der Waals surface area contributed by atoms with Gasteiger partial charge in [0.05, 0.1) is 12.3 Å². The molecule has 0 aliphatic carbocycles. The van der Waals surface area contributed by atoms with E-state index < -0.39 is 0 Å². The van der Waals surface area contributed by atoms with Gasteiger partial charge in [0.15, 0.2) is 5.69 Å². The number of imidazole rings is 1. The van der Waals surface area contributed by atoms with E-state index in [1.54, 1.807) is 0 Å². The largest absolute Gasteiger partial charge is 0.461 e. The molecule has 0 spiro atoms. The van der Waals surface area contributed by atoms with Crippen LogP contribution in [0, 0.1) is 19.8 Å². The van der Waals surface area contributed by atoms with Crippen molar-refractivity contribution in [2.45, 2.75) is 60.3 Å². The summed E-state index contributed by atoms with van der Waals surface area (Å²) in [6, 6.07) is 2.19. The first-order valence-corrected chi connectivity index (χ1v) is 8.59. The molecule has 0 unspecified atom stereocenters. The molecule has 2 aromatic heterocycles. The highest BCUT2D eigenvalue weighted by molar-refractivity contribution is 5.90. The summed E-state index contributed by atoms with van der Waals surface area (Å²) >= 11 is 0. The standard InChI is InChI=1S/C19H28N2O2/c1-6-23-19(22)17-15(5)20-18-16(10-8-7-9-13(2)3)11-14(4)12-21(17)18/h11-13H,6-10H2,1-5H3. The average Bonchev–Trinajstić information content (AvgIpc) is 2.79. The lowest BCUT2D eigenvalue weighted by Crippen LogP contribution is -2.10. The lowest BCUT2D eigenvalue weighted by Gasteiger charge is -2.09. The van der Waals surface area contributed by atoms with Gasteiger partial charge in [0.1, 0.15) is 5.65 Å². The maximum atomic E-state index is 12.2. The highest BCUT2D eigenvalue weighted by atomic mass is 16.5. The Morgan fingerprint density at radius 2 is 2.04 bits per heavy atom. The molecule has 0 radical (unpaired) electrons. The van der Waals surface area contributed by atoms with Gasteiger partial charge in [-0.3, -0.25) is 4.40 Å². The molecule has 0 N–H and O–H groups in total. The Bertz CT molecular complexity index is 686. The van der Waals surface area contributed by atoms with E-state index in [2.05, 4.69) is 31.8 Å². The number of aromatic nitrogens is 2. The van der Waals surface area contributed by atoms with Gasteiger partial charge in [0.2, 0.25) is 0 Å². The Balaban J connectivity index is 2.32. The topological polar surface area (TPSA) is 43.6 Å². The van der Waals surface area contributed by atoms with Crippen LogP contribution in [0.5, 0.6) is 0 Å². The molecular weight excluding hydrogens is 288 g/mol. The number of hydrogen-bond acceptors (Lipinski definition) is 3. The number of pyridine rings is 1. The van der Waals surface area contributed by atoms with Crippen molar-refractivity contribution in [1.29, 1.82) is 0 Å². The minimum atomic E-state index is -0.297. The Labute approximate surface area is 138 Å². The highest BCUT2D eigenvalue weighted by Crippen LogP contribution is 2.21. The van der Waals surface area contributed by atoms with Crippen LogP contribution < -0.4 is 0 Å². The van der Waals surface area contributed by atoms with Gasteiger partial charge in [0, 0.05) is 6.20 Å². The zero-order valence-corrected chi connectivity index (χ0v) is 15.0. The number of carbonyl (C=O) groups is 1. The molecule has 2 rings (SSSR count). The molecule has 126 valence electrons. The average molecular weight is 316 g/mol. The second kappa shape index (κ2) is 7.62. The minimum absolute atomic E-state index is 0.297. The van der Waals surface area contributed by atoms with Crippen molar-refractivity contribution >= 4 is 11.6 Å². The number of rotatable bonds is 7. The predicted octanol–water partition coefficient (Wildman–Crippen LogP) is 4.50. The first kappa shape index (κ1) is 17.5. The van der Waals surface area contributed by atoms with Crippen LogP contribution in [-0.4, -0.2) is 22.0 Å². The third-order valence-electron chi connectivity index (χ3n) is 4.05. The summed E-state index contributed by atoms with van der Waals surface area (Å²) in [6.07, 6.45) is 6.60. The second-order valence-corrected chi connectivity index (χ2v) is 6.64. The van der Waals surface area contributed by atoms with Crippen LogP contribution in [0.1, 0.15) is 67.3 Å². The Morgan fingerprint density at radius 1 is 1.30 bits per heavy atom. The molecular formula is C19H28N2O2. The molecule has 23 heavy (non-hydrogen) atoms. The van der Waals surface area contributed by atoms with Gasteiger partial charge in [-0.1, -0.05) is 32.8 Å². The molecule has 0 fully saturated rings. The van der Waals surface area contributed by atoms with Crippen LogP contribution in [0.3, 0.4) is 0 Å². The monoisotopic (exact) mass is 316 g/mol. The smallest absolute Gasteiger partial charge is 0.357 e. The SMILES string of the molecule is CCOC(=O)c1c(C)nc2c(CCCCC(C)C)cc(C)cn12. The van der Waals surface area contributed by atoms with E-state index in [0.29, 0.717) is 12.3 Å². The molecule has 4 heteroatoms. The first-order chi connectivity index (χ1) is 10.9. The fraction of sp³-hybridized carbons (Fsp3) is 0.579. The molecule has 0 saturated heterocycles. The third-order valence-corrected chi connectivity index (χ3v) is 4.05. The van der Waals surface area contributed by atoms with E-state index in [9.17, 15) is 4.79 Å². The molecule has 0 atom stereocenters. The van der Waals surface area contributed by atoms with E-state index in [1.807, 2.05) is 24.4 Å². The molecule has 0 saturated carbocycles. The van der Waals surface area contributed by atoms with Gasteiger partial charge in [-0.25, -0.2) is 9.78 Å². The highest BCUT2D eigenvalue weighted by Gasteiger charge is 2.19. The Kier molecular flexibility index (Phi) is 5.80. The molecule has 2 aromatic rings. The number of fused-ring (bicyclic) bond motifs is 1. The van der Waals surface area contributed by atoms with Gasteiger partial charge in [-0.15, -0.1) is 0 Å². The maximum Gasteiger partial charge on any atom is 0.357 e.